The Morgan fingerprint density at radius 2 is 1.71 bits per heavy atom. The Balaban J connectivity index is 2.49. The lowest BCUT2D eigenvalue weighted by atomic mass is 9.96. The molecule has 0 aliphatic carbocycles. The van der Waals surface area contributed by atoms with E-state index in [4.69, 9.17) is 5.73 Å². The van der Waals surface area contributed by atoms with E-state index in [0.29, 0.717) is 5.56 Å². The van der Waals surface area contributed by atoms with Gasteiger partial charge in [-0.05, 0) is 31.5 Å². The molecule has 2 rings (SSSR count). The molecular formula is C14H16N2O. The predicted octanol–water partition coefficient (Wildman–Crippen LogP) is 2.24. The molecule has 1 heterocycles. The number of hydrogen-bond acceptors (Lipinski definition) is 2. The van der Waals surface area contributed by atoms with E-state index >= 15 is 0 Å². The summed E-state index contributed by atoms with van der Waals surface area (Å²) in [6, 6.07) is 13.4. The van der Waals surface area contributed by atoms with Gasteiger partial charge >= 0.3 is 0 Å². The first kappa shape index (κ1) is 11.6. The average Bonchev–Trinajstić information content (AvgIpc) is 2.28. The molecule has 0 radical (unpaired) electrons. The lowest BCUT2D eigenvalue weighted by molar-refractivity contribution is 0.547. The molecule has 0 fully saturated rings. The predicted molar refractivity (Wildman–Crippen MR) is 69.7 cm³/mol. The summed E-state index contributed by atoms with van der Waals surface area (Å²) in [5, 5.41) is 0. The zero-order valence-corrected chi connectivity index (χ0v) is 10.0. The van der Waals surface area contributed by atoms with E-state index in [0.717, 1.165) is 11.3 Å². The Kier molecular flexibility index (Phi) is 2.86. The summed E-state index contributed by atoms with van der Waals surface area (Å²) in [7, 11) is 0. The number of aromatic amines is 1. The topological polar surface area (TPSA) is 58.9 Å². The van der Waals surface area contributed by atoms with Gasteiger partial charge in [0, 0.05) is 16.8 Å². The molecule has 3 heteroatoms. The van der Waals surface area contributed by atoms with E-state index in [1.807, 2.05) is 50.2 Å². The molecular weight excluding hydrogens is 212 g/mol. The lowest BCUT2D eigenvalue weighted by Gasteiger charge is -2.18. The maximum Gasteiger partial charge on any atom is 0.253 e. The largest absolute Gasteiger partial charge is 0.322 e. The van der Waals surface area contributed by atoms with E-state index in [2.05, 4.69) is 4.98 Å². The van der Waals surface area contributed by atoms with Crippen LogP contribution in [0.2, 0.25) is 0 Å². The highest BCUT2D eigenvalue weighted by Crippen LogP contribution is 2.17. The van der Waals surface area contributed by atoms with Crippen LogP contribution in [0.4, 0.5) is 0 Å². The standard InChI is InChI=1S/C14H16N2O/c1-14(2,15)11-8-9-12(16-13(11)17)10-6-4-3-5-7-10/h3-9H,15H2,1-2H3,(H,16,17). The van der Waals surface area contributed by atoms with E-state index in [1.165, 1.54) is 0 Å². The number of pyridine rings is 1. The SMILES string of the molecule is CC(C)(N)c1ccc(-c2ccccc2)[nH]c1=O. The van der Waals surface area contributed by atoms with Crippen LogP contribution in [0.1, 0.15) is 19.4 Å². The van der Waals surface area contributed by atoms with Crippen LogP contribution in [0.5, 0.6) is 0 Å². The van der Waals surface area contributed by atoms with Crippen molar-refractivity contribution >= 4 is 0 Å². The summed E-state index contributed by atoms with van der Waals surface area (Å²) in [4.78, 5) is 14.8. The Morgan fingerprint density at radius 3 is 2.24 bits per heavy atom. The number of aromatic nitrogens is 1. The van der Waals surface area contributed by atoms with Crippen molar-refractivity contribution in [3.63, 3.8) is 0 Å². The third kappa shape index (κ3) is 2.45. The highest BCUT2D eigenvalue weighted by Gasteiger charge is 2.18. The second-order valence-corrected chi connectivity index (χ2v) is 4.70. The molecule has 0 atom stereocenters. The van der Waals surface area contributed by atoms with Gasteiger partial charge in [-0.25, -0.2) is 0 Å². The van der Waals surface area contributed by atoms with Crippen LogP contribution in [-0.4, -0.2) is 4.98 Å². The molecule has 0 amide bonds. The van der Waals surface area contributed by atoms with Gasteiger partial charge in [0.2, 0.25) is 0 Å². The quantitative estimate of drug-likeness (QED) is 0.828. The molecule has 0 bridgehead atoms. The second-order valence-electron chi connectivity index (χ2n) is 4.70. The molecule has 3 N–H and O–H groups in total. The van der Waals surface area contributed by atoms with Crippen LogP contribution in [0, 0.1) is 0 Å². The number of rotatable bonds is 2. The van der Waals surface area contributed by atoms with Gasteiger partial charge in [0.05, 0.1) is 0 Å². The fourth-order valence-corrected chi connectivity index (χ4v) is 1.77. The molecule has 3 nitrogen and oxygen atoms in total. The monoisotopic (exact) mass is 228 g/mol. The van der Waals surface area contributed by atoms with Crippen LogP contribution in [-0.2, 0) is 5.54 Å². The van der Waals surface area contributed by atoms with Crippen molar-refractivity contribution < 1.29 is 0 Å². The smallest absolute Gasteiger partial charge is 0.253 e. The fraction of sp³-hybridized carbons (Fsp3) is 0.214. The number of H-pyrrole nitrogens is 1. The third-order valence-electron chi connectivity index (χ3n) is 2.69. The molecule has 0 spiro atoms. The van der Waals surface area contributed by atoms with Crippen molar-refractivity contribution in [2.75, 3.05) is 0 Å². The Bertz CT molecular complexity index is 565. The van der Waals surface area contributed by atoms with Crippen LogP contribution >= 0.6 is 0 Å². The zero-order chi connectivity index (χ0) is 12.5. The van der Waals surface area contributed by atoms with Crippen molar-refractivity contribution in [3.8, 4) is 11.3 Å². The van der Waals surface area contributed by atoms with Gasteiger partial charge in [-0.1, -0.05) is 30.3 Å². The summed E-state index contributed by atoms with van der Waals surface area (Å²) in [5.41, 5.74) is 7.57. The number of nitrogens with two attached hydrogens (primary N) is 1. The zero-order valence-electron chi connectivity index (χ0n) is 10.0. The van der Waals surface area contributed by atoms with Gasteiger partial charge in [0.15, 0.2) is 0 Å². The van der Waals surface area contributed by atoms with Crippen LogP contribution in [0.25, 0.3) is 11.3 Å². The van der Waals surface area contributed by atoms with Crippen LogP contribution in [0.3, 0.4) is 0 Å². The van der Waals surface area contributed by atoms with Crippen LogP contribution < -0.4 is 11.3 Å². The summed E-state index contributed by atoms with van der Waals surface area (Å²) in [6.45, 7) is 3.64. The fourth-order valence-electron chi connectivity index (χ4n) is 1.77. The molecule has 0 aliphatic rings. The minimum atomic E-state index is -0.622. The average molecular weight is 228 g/mol. The van der Waals surface area contributed by atoms with Gasteiger partial charge in [0.1, 0.15) is 0 Å². The molecule has 0 saturated heterocycles. The molecule has 88 valence electrons. The van der Waals surface area contributed by atoms with Crippen molar-refractivity contribution in [2.24, 2.45) is 5.73 Å². The maximum atomic E-state index is 11.9. The molecule has 0 aliphatic heterocycles. The summed E-state index contributed by atoms with van der Waals surface area (Å²) in [6.07, 6.45) is 0. The molecule has 1 aromatic carbocycles. The first-order chi connectivity index (χ1) is 7.98. The van der Waals surface area contributed by atoms with Gasteiger partial charge in [-0.15, -0.1) is 0 Å². The molecule has 0 saturated carbocycles. The summed E-state index contributed by atoms with van der Waals surface area (Å²) >= 11 is 0. The normalized spacial score (nSPS) is 11.5. The minimum absolute atomic E-state index is 0.126. The van der Waals surface area contributed by atoms with Gasteiger partial charge in [-0.3, -0.25) is 4.79 Å². The van der Waals surface area contributed by atoms with Crippen molar-refractivity contribution in [1.82, 2.24) is 4.98 Å². The first-order valence-corrected chi connectivity index (χ1v) is 5.56. The highest BCUT2D eigenvalue weighted by atomic mass is 16.1. The maximum absolute atomic E-state index is 11.9. The number of hydrogen-bond donors (Lipinski definition) is 2. The minimum Gasteiger partial charge on any atom is -0.322 e. The summed E-state index contributed by atoms with van der Waals surface area (Å²) < 4.78 is 0. The van der Waals surface area contributed by atoms with E-state index in [1.54, 1.807) is 6.07 Å². The first-order valence-electron chi connectivity index (χ1n) is 5.56. The van der Waals surface area contributed by atoms with Gasteiger partial charge in [0.25, 0.3) is 5.56 Å². The van der Waals surface area contributed by atoms with E-state index in [-0.39, 0.29) is 5.56 Å². The lowest BCUT2D eigenvalue weighted by Crippen LogP contribution is -2.35. The van der Waals surface area contributed by atoms with Crippen molar-refractivity contribution in [2.45, 2.75) is 19.4 Å². The number of nitrogens with one attached hydrogen (secondary N) is 1. The van der Waals surface area contributed by atoms with Gasteiger partial charge < -0.3 is 10.7 Å². The third-order valence-corrected chi connectivity index (χ3v) is 2.69. The van der Waals surface area contributed by atoms with Gasteiger partial charge in [-0.2, -0.15) is 0 Å². The summed E-state index contributed by atoms with van der Waals surface area (Å²) in [5.74, 6) is 0. The van der Waals surface area contributed by atoms with Crippen molar-refractivity contribution in [1.29, 1.82) is 0 Å². The molecule has 0 unspecified atom stereocenters. The van der Waals surface area contributed by atoms with Crippen molar-refractivity contribution in [3.05, 3.63) is 58.4 Å². The highest BCUT2D eigenvalue weighted by molar-refractivity contribution is 5.58. The molecule has 2 aromatic rings. The number of benzene rings is 1. The van der Waals surface area contributed by atoms with Crippen LogP contribution in [0.15, 0.2) is 47.3 Å². The van der Waals surface area contributed by atoms with E-state index in [9.17, 15) is 4.79 Å². The Labute approximate surface area is 100 Å². The Morgan fingerprint density at radius 1 is 1.06 bits per heavy atom. The van der Waals surface area contributed by atoms with E-state index < -0.39 is 5.54 Å². The second kappa shape index (κ2) is 4.18. The molecule has 1 aromatic heterocycles. The molecule has 17 heavy (non-hydrogen) atoms. The Hall–Kier alpha value is -1.87.